The number of primary amides is 1. The van der Waals surface area contributed by atoms with E-state index in [4.69, 9.17) is 10.5 Å². The normalized spacial score (nSPS) is 17.1. The van der Waals surface area contributed by atoms with E-state index in [1.54, 1.807) is 16.4 Å². The maximum absolute atomic E-state index is 12.0. The van der Waals surface area contributed by atoms with E-state index in [1.165, 1.54) is 11.8 Å². The number of cyclic esters (lactones) is 1. The number of nitrogens with two attached hydrogens (primary N) is 1. The van der Waals surface area contributed by atoms with Crippen molar-refractivity contribution in [1.29, 1.82) is 0 Å². The van der Waals surface area contributed by atoms with E-state index < -0.39 is 5.91 Å². The van der Waals surface area contributed by atoms with Crippen LogP contribution in [0.4, 0.5) is 10.5 Å². The van der Waals surface area contributed by atoms with Gasteiger partial charge in [0.05, 0.1) is 6.54 Å². The van der Waals surface area contributed by atoms with Crippen molar-refractivity contribution < 1.29 is 14.3 Å². The molecule has 8 nitrogen and oxygen atoms in total. The molecule has 1 atom stereocenters. The van der Waals surface area contributed by atoms with Gasteiger partial charge >= 0.3 is 6.09 Å². The molecule has 1 aromatic carbocycles. The van der Waals surface area contributed by atoms with Crippen LogP contribution in [-0.2, 0) is 16.1 Å². The second-order valence-corrected chi connectivity index (χ2v) is 6.33. The fraction of sp³-hybridized carbons (Fsp3) is 0.333. The van der Waals surface area contributed by atoms with Crippen LogP contribution >= 0.6 is 11.8 Å². The highest BCUT2D eigenvalue weighted by Crippen LogP contribution is 2.25. The highest BCUT2D eigenvalue weighted by atomic mass is 32.2. The molecule has 1 aliphatic heterocycles. The summed E-state index contributed by atoms with van der Waals surface area (Å²) in [5.41, 5.74) is 6.05. The van der Waals surface area contributed by atoms with Crippen LogP contribution in [0.2, 0.25) is 0 Å². The number of carbonyl (C=O) groups excluding carboxylic acids is 2. The van der Waals surface area contributed by atoms with Gasteiger partial charge in [-0.1, -0.05) is 30.0 Å². The SMILES string of the molecule is Cc1nnc(SC[C@@H]2CN(c3ccccc3)C(=O)O2)n1CC(N)=O. The third kappa shape index (κ3) is 3.51. The highest BCUT2D eigenvalue weighted by molar-refractivity contribution is 7.99. The number of nitrogens with zero attached hydrogens (tertiary/aromatic N) is 4. The minimum Gasteiger partial charge on any atom is -0.443 e. The van der Waals surface area contributed by atoms with Crippen molar-refractivity contribution in [3.63, 3.8) is 0 Å². The molecule has 1 aliphatic rings. The standard InChI is InChI=1S/C15H17N5O3S/c1-10-17-18-14(19(10)8-13(16)21)24-9-12-7-20(15(22)23-12)11-5-3-2-4-6-11/h2-6,12H,7-9H2,1H3,(H2,16,21)/t12-/m0/s1. The minimum atomic E-state index is -0.456. The Morgan fingerprint density at radius 2 is 2.12 bits per heavy atom. The van der Waals surface area contributed by atoms with E-state index in [9.17, 15) is 9.59 Å². The molecular weight excluding hydrogens is 330 g/mol. The Morgan fingerprint density at radius 3 is 2.83 bits per heavy atom. The topological polar surface area (TPSA) is 103 Å². The molecule has 0 spiro atoms. The first-order chi connectivity index (χ1) is 11.5. The average Bonchev–Trinajstić information content (AvgIpc) is 3.10. The monoisotopic (exact) mass is 347 g/mol. The summed E-state index contributed by atoms with van der Waals surface area (Å²) in [5.74, 6) is 0.680. The van der Waals surface area contributed by atoms with Gasteiger partial charge in [0.25, 0.3) is 0 Å². The van der Waals surface area contributed by atoms with E-state index >= 15 is 0 Å². The van der Waals surface area contributed by atoms with Crippen molar-refractivity contribution >= 4 is 29.4 Å². The number of hydrogen-bond donors (Lipinski definition) is 1. The van der Waals surface area contributed by atoms with Gasteiger partial charge in [0.1, 0.15) is 18.5 Å². The van der Waals surface area contributed by atoms with Gasteiger partial charge in [-0.3, -0.25) is 14.3 Å². The molecule has 24 heavy (non-hydrogen) atoms. The summed E-state index contributed by atoms with van der Waals surface area (Å²) in [5, 5.41) is 8.58. The lowest BCUT2D eigenvalue weighted by molar-refractivity contribution is -0.118. The second kappa shape index (κ2) is 6.91. The van der Waals surface area contributed by atoms with Crippen LogP contribution in [0.1, 0.15) is 5.82 Å². The molecule has 9 heteroatoms. The van der Waals surface area contributed by atoms with Crippen molar-refractivity contribution in [1.82, 2.24) is 14.8 Å². The molecule has 1 aromatic heterocycles. The molecule has 0 aliphatic carbocycles. The number of carbonyl (C=O) groups is 2. The Bertz CT molecular complexity index is 749. The lowest BCUT2D eigenvalue weighted by atomic mass is 10.3. The molecular formula is C15H17N5O3S. The second-order valence-electron chi connectivity index (χ2n) is 5.35. The van der Waals surface area contributed by atoms with Gasteiger partial charge in [0.2, 0.25) is 5.91 Å². The molecule has 0 radical (unpaired) electrons. The van der Waals surface area contributed by atoms with Crippen molar-refractivity contribution in [2.24, 2.45) is 5.73 Å². The molecule has 2 aromatic rings. The van der Waals surface area contributed by atoms with Crippen LogP contribution < -0.4 is 10.6 Å². The lowest BCUT2D eigenvalue weighted by Gasteiger charge is -2.12. The van der Waals surface area contributed by atoms with Crippen molar-refractivity contribution in [3.8, 4) is 0 Å². The largest absolute Gasteiger partial charge is 0.443 e. The molecule has 3 rings (SSSR count). The molecule has 1 saturated heterocycles. The molecule has 2 heterocycles. The minimum absolute atomic E-state index is 0.0295. The Kier molecular flexibility index (Phi) is 4.70. The fourth-order valence-corrected chi connectivity index (χ4v) is 3.36. The number of rotatable bonds is 6. The third-order valence-electron chi connectivity index (χ3n) is 3.56. The van der Waals surface area contributed by atoms with E-state index in [-0.39, 0.29) is 18.7 Å². The first-order valence-electron chi connectivity index (χ1n) is 7.38. The van der Waals surface area contributed by atoms with E-state index in [0.717, 1.165) is 5.69 Å². The first kappa shape index (κ1) is 16.3. The summed E-state index contributed by atoms with van der Waals surface area (Å²) in [6, 6.07) is 9.37. The summed E-state index contributed by atoms with van der Waals surface area (Å²) >= 11 is 1.38. The van der Waals surface area contributed by atoms with Crippen LogP contribution in [0.3, 0.4) is 0 Å². The quantitative estimate of drug-likeness (QED) is 0.787. The number of ether oxygens (including phenoxy) is 1. The summed E-state index contributed by atoms with van der Waals surface area (Å²) < 4.78 is 7.05. The zero-order valence-corrected chi connectivity index (χ0v) is 13.9. The number of amides is 2. The van der Waals surface area contributed by atoms with Gasteiger partial charge in [0.15, 0.2) is 5.16 Å². The van der Waals surface area contributed by atoms with Crippen LogP contribution in [-0.4, -0.2) is 45.2 Å². The number of anilines is 1. The molecule has 0 saturated carbocycles. The van der Waals surface area contributed by atoms with Crippen LogP contribution in [0.5, 0.6) is 0 Å². The molecule has 0 bridgehead atoms. The van der Waals surface area contributed by atoms with Crippen molar-refractivity contribution in [2.45, 2.75) is 24.7 Å². The molecule has 1 fully saturated rings. The Labute approximate surface area is 143 Å². The van der Waals surface area contributed by atoms with E-state index in [1.807, 2.05) is 30.3 Å². The number of hydrogen-bond acceptors (Lipinski definition) is 6. The van der Waals surface area contributed by atoms with Crippen LogP contribution in [0.15, 0.2) is 35.5 Å². The van der Waals surface area contributed by atoms with Crippen LogP contribution in [0, 0.1) is 6.92 Å². The summed E-state index contributed by atoms with van der Waals surface area (Å²) in [6.07, 6.45) is -0.622. The third-order valence-corrected chi connectivity index (χ3v) is 4.65. The average molecular weight is 347 g/mol. The van der Waals surface area contributed by atoms with Gasteiger partial charge in [0, 0.05) is 11.4 Å². The maximum Gasteiger partial charge on any atom is 0.414 e. The van der Waals surface area contributed by atoms with Crippen molar-refractivity contribution in [2.75, 3.05) is 17.2 Å². The Hall–Kier alpha value is -2.55. The van der Waals surface area contributed by atoms with Crippen molar-refractivity contribution in [3.05, 3.63) is 36.2 Å². The highest BCUT2D eigenvalue weighted by Gasteiger charge is 2.32. The zero-order chi connectivity index (χ0) is 17.1. The molecule has 2 N–H and O–H groups in total. The molecule has 2 amide bonds. The predicted octanol–water partition coefficient (Wildman–Crippen LogP) is 1.19. The lowest BCUT2D eigenvalue weighted by Crippen LogP contribution is -2.25. The molecule has 0 unspecified atom stereocenters. The first-order valence-corrected chi connectivity index (χ1v) is 8.37. The predicted molar refractivity (Wildman–Crippen MR) is 88.7 cm³/mol. The maximum atomic E-state index is 12.0. The Balaban J connectivity index is 1.62. The van der Waals surface area contributed by atoms with E-state index in [0.29, 0.717) is 23.3 Å². The van der Waals surface area contributed by atoms with Gasteiger partial charge in [-0.05, 0) is 19.1 Å². The van der Waals surface area contributed by atoms with Gasteiger partial charge in [-0.25, -0.2) is 4.79 Å². The van der Waals surface area contributed by atoms with Crippen LogP contribution in [0.25, 0.3) is 0 Å². The summed E-state index contributed by atoms with van der Waals surface area (Å²) in [7, 11) is 0. The molecule has 126 valence electrons. The fourth-order valence-electron chi connectivity index (χ4n) is 2.40. The Morgan fingerprint density at radius 1 is 1.38 bits per heavy atom. The van der Waals surface area contributed by atoms with Gasteiger partial charge < -0.3 is 10.5 Å². The number of benzene rings is 1. The number of thioether (sulfide) groups is 1. The zero-order valence-electron chi connectivity index (χ0n) is 13.1. The van der Waals surface area contributed by atoms with Gasteiger partial charge in [-0.15, -0.1) is 10.2 Å². The smallest absolute Gasteiger partial charge is 0.414 e. The van der Waals surface area contributed by atoms with Gasteiger partial charge in [-0.2, -0.15) is 0 Å². The van der Waals surface area contributed by atoms with E-state index in [2.05, 4.69) is 10.2 Å². The number of aryl methyl sites for hydroxylation is 1. The number of aromatic nitrogens is 3. The summed E-state index contributed by atoms with van der Waals surface area (Å²) in [4.78, 5) is 24.7. The number of para-hydroxylation sites is 1. The summed E-state index contributed by atoms with van der Waals surface area (Å²) in [6.45, 7) is 2.26.